The zero-order valence-corrected chi connectivity index (χ0v) is 27.2. The number of anilines is 2. The second kappa shape index (κ2) is 18.1. The van der Waals surface area contributed by atoms with Crippen molar-refractivity contribution < 1.29 is 39.2 Å². The summed E-state index contributed by atoms with van der Waals surface area (Å²) in [6.45, 7) is 8.87. The van der Waals surface area contributed by atoms with Crippen molar-refractivity contribution in [2.75, 3.05) is 23.8 Å². The Morgan fingerprint density at radius 2 is 1.45 bits per heavy atom. The van der Waals surface area contributed by atoms with Crippen LogP contribution in [0, 0.1) is 22.8 Å². The van der Waals surface area contributed by atoms with E-state index in [2.05, 4.69) is 26.3 Å². The van der Waals surface area contributed by atoms with Crippen LogP contribution < -0.4 is 21.3 Å². The molecule has 3 atom stereocenters. The number of carboxylic acids is 2. The molecule has 0 aromatic heterocycles. The predicted octanol–water partition coefficient (Wildman–Crippen LogP) is 3.86. The standard InChI is InChI=1S/C33H44N6O8/c1-20(2)16-25(21-6-8-22(9-7-21)36-32(35-19-34)37-23-10-12-24(40)13-11-23)29(42)39-27(31(45)46)18-47-15-14-26(30(43)44)38-28(41)17-33(3,4)5/h6-13,20,25-27,40H,14-18H2,1-5H3,(H,38,41)(H,39,42)(H,43,44)(H,45,46)(H2,35,36,37). The lowest BCUT2D eigenvalue weighted by atomic mass is 9.89. The maximum absolute atomic E-state index is 13.4. The van der Waals surface area contributed by atoms with E-state index in [4.69, 9.17) is 10.00 Å². The smallest absolute Gasteiger partial charge is 0.328 e. The van der Waals surface area contributed by atoms with Crippen molar-refractivity contribution in [1.29, 1.82) is 5.26 Å². The average Bonchev–Trinajstić information content (AvgIpc) is 2.97. The molecule has 0 saturated heterocycles. The van der Waals surface area contributed by atoms with Crippen molar-refractivity contribution >= 4 is 41.1 Å². The molecule has 2 amide bonds. The fourth-order valence-electron chi connectivity index (χ4n) is 4.45. The summed E-state index contributed by atoms with van der Waals surface area (Å²) >= 11 is 0. The molecule has 0 aliphatic rings. The first-order valence-electron chi connectivity index (χ1n) is 15.1. The second-order valence-corrected chi connectivity index (χ2v) is 12.6. The van der Waals surface area contributed by atoms with Gasteiger partial charge in [0.25, 0.3) is 0 Å². The van der Waals surface area contributed by atoms with Gasteiger partial charge in [-0.1, -0.05) is 46.8 Å². The largest absolute Gasteiger partial charge is 0.508 e. The van der Waals surface area contributed by atoms with Crippen molar-refractivity contribution in [2.24, 2.45) is 16.3 Å². The van der Waals surface area contributed by atoms with Gasteiger partial charge in [0.1, 0.15) is 11.8 Å². The maximum Gasteiger partial charge on any atom is 0.328 e. The summed E-state index contributed by atoms with van der Waals surface area (Å²) in [6, 6.07) is 10.4. The Labute approximate surface area is 274 Å². The Kier molecular flexibility index (Phi) is 14.6. The molecular weight excluding hydrogens is 608 g/mol. The van der Waals surface area contributed by atoms with Crippen LogP contribution in [0.5, 0.6) is 5.75 Å². The van der Waals surface area contributed by atoms with Crippen molar-refractivity contribution in [1.82, 2.24) is 10.6 Å². The minimum atomic E-state index is -1.40. The van der Waals surface area contributed by atoms with E-state index in [0.717, 1.165) is 0 Å². The normalized spacial score (nSPS) is 13.5. The Bertz CT molecular complexity index is 1430. The number of carboxylic acid groups (broad SMARTS) is 2. The molecule has 0 radical (unpaired) electrons. The topological polar surface area (TPSA) is 222 Å². The Hall–Kier alpha value is -5.16. The van der Waals surface area contributed by atoms with Crippen LogP contribution in [0.3, 0.4) is 0 Å². The first-order valence-corrected chi connectivity index (χ1v) is 15.1. The minimum absolute atomic E-state index is 0.0858. The van der Waals surface area contributed by atoms with Crippen LogP contribution in [0.1, 0.15) is 65.4 Å². The molecule has 0 saturated carbocycles. The number of hydrogen-bond donors (Lipinski definition) is 7. The number of phenolic OH excluding ortho intramolecular Hbond substituents is 1. The van der Waals surface area contributed by atoms with Gasteiger partial charge in [-0.05, 0) is 59.7 Å². The van der Waals surface area contributed by atoms with Gasteiger partial charge in [0, 0.05) is 30.8 Å². The lowest BCUT2D eigenvalue weighted by molar-refractivity contribution is -0.145. The van der Waals surface area contributed by atoms with Crippen molar-refractivity contribution in [2.45, 2.75) is 71.9 Å². The van der Waals surface area contributed by atoms with E-state index >= 15 is 0 Å². The number of aliphatic imine (C=N–C) groups is 1. The van der Waals surface area contributed by atoms with E-state index in [0.29, 0.717) is 23.4 Å². The van der Waals surface area contributed by atoms with Gasteiger partial charge in [0.15, 0.2) is 6.04 Å². The van der Waals surface area contributed by atoms with Gasteiger partial charge in [-0.15, -0.1) is 4.99 Å². The summed E-state index contributed by atoms with van der Waals surface area (Å²) in [5, 5.41) is 48.7. The third-order valence-corrected chi connectivity index (χ3v) is 6.67. The summed E-state index contributed by atoms with van der Waals surface area (Å²) in [6.07, 6.45) is 2.18. The third-order valence-electron chi connectivity index (χ3n) is 6.67. The highest BCUT2D eigenvalue weighted by Crippen LogP contribution is 2.26. The van der Waals surface area contributed by atoms with E-state index < -0.39 is 48.4 Å². The third kappa shape index (κ3) is 14.2. The van der Waals surface area contributed by atoms with E-state index in [-0.39, 0.29) is 42.5 Å². The number of nitriles is 1. The number of benzene rings is 2. The van der Waals surface area contributed by atoms with Crippen molar-refractivity contribution in [3.63, 3.8) is 0 Å². The second-order valence-electron chi connectivity index (χ2n) is 12.6. The molecule has 0 heterocycles. The number of aliphatic carboxylic acids is 2. The fraction of sp³-hybridized carbons (Fsp3) is 0.455. The van der Waals surface area contributed by atoms with Crippen LogP contribution in [0.15, 0.2) is 53.5 Å². The van der Waals surface area contributed by atoms with Crippen LogP contribution in [0.4, 0.5) is 11.4 Å². The average molecular weight is 653 g/mol. The molecule has 7 N–H and O–H groups in total. The zero-order valence-electron chi connectivity index (χ0n) is 27.2. The quantitative estimate of drug-likeness (QED) is 0.0453. The number of phenols is 1. The first-order chi connectivity index (χ1) is 22.1. The molecule has 14 heteroatoms. The minimum Gasteiger partial charge on any atom is -0.508 e. The number of amides is 2. The number of hydrogen-bond acceptors (Lipinski definition) is 8. The van der Waals surface area contributed by atoms with Gasteiger partial charge in [-0.25, -0.2) is 9.59 Å². The highest BCUT2D eigenvalue weighted by molar-refractivity contribution is 6.04. The lowest BCUT2D eigenvalue weighted by Crippen LogP contribution is -2.46. The molecule has 0 spiro atoms. The summed E-state index contributed by atoms with van der Waals surface area (Å²) in [4.78, 5) is 52.9. The van der Waals surface area contributed by atoms with Crippen molar-refractivity contribution in [3.8, 4) is 11.9 Å². The maximum atomic E-state index is 13.4. The molecule has 2 rings (SSSR count). The number of ether oxygens (including phenoxy) is 1. The monoisotopic (exact) mass is 652 g/mol. The molecule has 3 unspecified atom stereocenters. The number of aromatic hydroxyl groups is 1. The summed E-state index contributed by atoms with van der Waals surface area (Å²) in [5.41, 5.74) is 1.44. The van der Waals surface area contributed by atoms with E-state index in [1.807, 2.05) is 34.6 Å². The first kappa shape index (κ1) is 38.0. The van der Waals surface area contributed by atoms with Gasteiger partial charge in [-0.2, -0.15) is 5.26 Å². The van der Waals surface area contributed by atoms with Crippen LogP contribution in [0.25, 0.3) is 0 Å². The Balaban J connectivity index is 2.05. The summed E-state index contributed by atoms with van der Waals surface area (Å²) in [7, 11) is 0. The van der Waals surface area contributed by atoms with Crippen LogP contribution in [-0.4, -0.2) is 70.3 Å². The number of rotatable bonds is 16. The molecule has 0 aliphatic carbocycles. The molecular formula is C33H44N6O8. The SMILES string of the molecule is CC(C)CC(C(=O)NC(COCCC(NC(=O)CC(C)(C)C)C(=O)O)C(=O)O)c1ccc(NC(=NC#N)Nc2ccc(O)cc2)cc1. The predicted molar refractivity (Wildman–Crippen MR) is 176 cm³/mol. The Morgan fingerprint density at radius 1 is 0.894 bits per heavy atom. The molecule has 254 valence electrons. The summed E-state index contributed by atoms with van der Waals surface area (Å²) < 4.78 is 5.44. The van der Waals surface area contributed by atoms with Gasteiger partial charge >= 0.3 is 11.9 Å². The van der Waals surface area contributed by atoms with Gasteiger partial charge in [0.2, 0.25) is 24.0 Å². The highest BCUT2D eigenvalue weighted by atomic mass is 16.5. The van der Waals surface area contributed by atoms with Gasteiger partial charge in [-0.3, -0.25) is 9.59 Å². The molecule has 0 aliphatic heterocycles. The van der Waals surface area contributed by atoms with Crippen molar-refractivity contribution in [3.05, 3.63) is 54.1 Å². The lowest BCUT2D eigenvalue weighted by Gasteiger charge is -2.23. The van der Waals surface area contributed by atoms with Crippen LogP contribution >= 0.6 is 0 Å². The number of guanidine groups is 1. The number of nitrogens with one attached hydrogen (secondary N) is 4. The van der Waals surface area contributed by atoms with E-state index in [1.165, 1.54) is 12.1 Å². The zero-order chi connectivity index (χ0) is 35.1. The summed E-state index contributed by atoms with van der Waals surface area (Å²) in [5.74, 6) is -3.87. The molecule has 0 bridgehead atoms. The Morgan fingerprint density at radius 3 is 1.94 bits per heavy atom. The molecule has 14 nitrogen and oxygen atoms in total. The molecule has 0 fully saturated rings. The molecule has 2 aromatic rings. The number of carbonyl (C=O) groups excluding carboxylic acids is 2. The fourth-order valence-corrected chi connectivity index (χ4v) is 4.45. The molecule has 47 heavy (non-hydrogen) atoms. The van der Waals surface area contributed by atoms with Crippen LogP contribution in [0.2, 0.25) is 0 Å². The highest BCUT2D eigenvalue weighted by Gasteiger charge is 2.28. The number of nitrogens with zero attached hydrogens (tertiary/aromatic N) is 2. The van der Waals surface area contributed by atoms with Gasteiger partial charge < -0.3 is 41.3 Å². The van der Waals surface area contributed by atoms with E-state index in [1.54, 1.807) is 42.6 Å². The van der Waals surface area contributed by atoms with Crippen LogP contribution in [-0.2, 0) is 23.9 Å². The van der Waals surface area contributed by atoms with Gasteiger partial charge in [0.05, 0.1) is 12.5 Å². The van der Waals surface area contributed by atoms with E-state index in [9.17, 15) is 34.5 Å². The number of carbonyl (C=O) groups is 4. The molecule has 2 aromatic carbocycles.